The Hall–Kier alpha value is -4.14. The highest BCUT2D eigenvalue weighted by atomic mass is 35.5. The summed E-state index contributed by atoms with van der Waals surface area (Å²) in [6.07, 6.45) is 1.45. The molecule has 9 heteroatoms. The molecule has 0 saturated heterocycles. The summed E-state index contributed by atoms with van der Waals surface area (Å²) in [7, 11) is -4.07. The average molecular weight is 534 g/mol. The van der Waals surface area contributed by atoms with E-state index in [1.54, 1.807) is 54.6 Å². The second kappa shape index (κ2) is 12.2. The number of carbonyl (C=O) groups is 1. The van der Waals surface area contributed by atoms with Gasteiger partial charge in [-0.3, -0.25) is 9.10 Å². The molecule has 188 valence electrons. The lowest BCUT2D eigenvalue weighted by Crippen LogP contribution is -2.39. The number of halogens is 1. The van der Waals surface area contributed by atoms with Crippen LogP contribution in [0.1, 0.15) is 11.1 Å². The summed E-state index contributed by atoms with van der Waals surface area (Å²) in [4.78, 5) is 12.8. The molecule has 0 unspecified atom stereocenters. The van der Waals surface area contributed by atoms with Crippen molar-refractivity contribution in [3.05, 3.63) is 125 Å². The number of ether oxygens (including phenoxy) is 1. The first-order valence-electron chi connectivity index (χ1n) is 11.3. The van der Waals surface area contributed by atoms with Crippen molar-refractivity contribution in [3.8, 4) is 5.75 Å². The first-order chi connectivity index (χ1) is 17.9. The SMILES string of the molecule is O=C(CN(c1ccccc1Cl)S(=O)(=O)c1ccccc1)N/N=C\c1ccccc1OCc1ccccc1. The molecule has 0 radical (unpaired) electrons. The molecule has 0 aliphatic heterocycles. The molecule has 0 aliphatic rings. The maximum Gasteiger partial charge on any atom is 0.264 e. The van der Waals surface area contributed by atoms with Crippen LogP contribution in [0.4, 0.5) is 5.69 Å². The van der Waals surface area contributed by atoms with Gasteiger partial charge in [-0.05, 0) is 42.0 Å². The first-order valence-corrected chi connectivity index (χ1v) is 13.2. The number of para-hydroxylation sites is 2. The highest BCUT2D eigenvalue weighted by Gasteiger charge is 2.28. The van der Waals surface area contributed by atoms with Crippen LogP contribution < -0.4 is 14.5 Å². The number of nitrogens with one attached hydrogen (secondary N) is 1. The fourth-order valence-electron chi connectivity index (χ4n) is 3.47. The Kier molecular flexibility index (Phi) is 8.56. The quantitative estimate of drug-likeness (QED) is 0.222. The highest BCUT2D eigenvalue weighted by molar-refractivity contribution is 7.92. The van der Waals surface area contributed by atoms with Gasteiger partial charge >= 0.3 is 0 Å². The number of sulfonamides is 1. The number of anilines is 1. The van der Waals surface area contributed by atoms with E-state index in [1.807, 2.05) is 42.5 Å². The van der Waals surface area contributed by atoms with Gasteiger partial charge in [-0.25, -0.2) is 13.8 Å². The van der Waals surface area contributed by atoms with Crippen LogP contribution in [0.3, 0.4) is 0 Å². The van der Waals surface area contributed by atoms with Crippen LogP contribution in [0.2, 0.25) is 5.02 Å². The van der Waals surface area contributed by atoms with Crippen molar-refractivity contribution in [2.75, 3.05) is 10.8 Å². The Morgan fingerprint density at radius 3 is 2.22 bits per heavy atom. The molecule has 0 fully saturated rings. The van der Waals surface area contributed by atoms with Crippen LogP contribution in [0.5, 0.6) is 5.75 Å². The number of benzene rings is 4. The number of rotatable bonds is 10. The Bertz CT molecular complexity index is 1480. The summed E-state index contributed by atoms with van der Waals surface area (Å²) in [5.41, 5.74) is 4.26. The third-order valence-corrected chi connectivity index (χ3v) is 7.38. The lowest BCUT2D eigenvalue weighted by atomic mass is 10.2. The predicted molar refractivity (Wildman–Crippen MR) is 145 cm³/mol. The van der Waals surface area contributed by atoms with Gasteiger partial charge in [-0.1, -0.05) is 84.4 Å². The van der Waals surface area contributed by atoms with E-state index < -0.39 is 22.5 Å². The van der Waals surface area contributed by atoms with Gasteiger partial charge in [-0.15, -0.1) is 0 Å². The van der Waals surface area contributed by atoms with E-state index >= 15 is 0 Å². The van der Waals surface area contributed by atoms with Crippen LogP contribution in [-0.4, -0.2) is 27.1 Å². The monoisotopic (exact) mass is 533 g/mol. The molecule has 0 bridgehead atoms. The molecule has 4 rings (SSSR count). The van der Waals surface area contributed by atoms with Crippen LogP contribution >= 0.6 is 11.6 Å². The van der Waals surface area contributed by atoms with E-state index in [1.165, 1.54) is 18.3 Å². The van der Waals surface area contributed by atoms with E-state index in [2.05, 4.69) is 10.5 Å². The van der Waals surface area contributed by atoms with Gasteiger partial charge in [0.2, 0.25) is 0 Å². The third kappa shape index (κ3) is 6.75. The maximum atomic E-state index is 13.4. The number of hydrogen-bond donors (Lipinski definition) is 1. The van der Waals surface area contributed by atoms with Gasteiger partial charge in [0.15, 0.2) is 0 Å². The van der Waals surface area contributed by atoms with E-state index in [-0.39, 0.29) is 15.6 Å². The molecule has 0 saturated carbocycles. The molecular formula is C28H24ClN3O4S. The van der Waals surface area contributed by atoms with Crippen molar-refractivity contribution in [1.82, 2.24) is 5.43 Å². The standard InChI is InChI=1S/C28H24ClN3O4S/c29-25-16-8-9-17-26(25)32(37(34,35)24-14-5-2-6-15-24)20-28(33)31-30-19-23-13-7-10-18-27(23)36-21-22-11-3-1-4-12-22/h1-19H,20-21H2,(H,31,33)/b30-19-. The van der Waals surface area contributed by atoms with Crippen LogP contribution in [0.15, 0.2) is 119 Å². The smallest absolute Gasteiger partial charge is 0.264 e. The van der Waals surface area contributed by atoms with Crippen molar-refractivity contribution >= 4 is 39.4 Å². The minimum Gasteiger partial charge on any atom is -0.488 e. The summed E-state index contributed by atoms with van der Waals surface area (Å²) in [5.74, 6) is -0.0490. The van der Waals surface area contributed by atoms with Gasteiger partial charge < -0.3 is 4.74 Å². The molecule has 0 heterocycles. The topological polar surface area (TPSA) is 88.1 Å². The summed E-state index contributed by atoms with van der Waals surface area (Å²) >= 11 is 6.29. The van der Waals surface area contributed by atoms with E-state index in [4.69, 9.17) is 16.3 Å². The first kappa shape index (κ1) is 25.9. The number of hydrogen-bond acceptors (Lipinski definition) is 5. The molecule has 0 atom stereocenters. The van der Waals surface area contributed by atoms with Gasteiger partial charge in [-0.2, -0.15) is 5.10 Å². The third-order valence-electron chi connectivity index (χ3n) is 5.29. The molecule has 4 aromatic carbocycles. The largest absolute Gasteiger partial charge is 0.488 e. The molecule has 1 N–H and O–H groups in total. The second-order valence-electron chi connectivity index (χ2n) is 7.88. The molecule has 37 heavy (non-hydrogen) atoms. The Morgan fingerprint density at radius 2 is 1.49 bits per heavy atom. The van der Waals surface area contributed by atoms with Crippen molar-refractivity contribution in [2.24, 2.45) is 5.10 Å². The lowest BCUT2D eigenvalue weighted by molar-refractivity contribution is -0.119. The normalized spacial score (nSPS) is 11.3. The predicted octanol–water partition coefficient (Wildman–Crippen LogP) is 5.26. The lowest BCUT2D eigenvalue weighted by Gasteiger charge is -2.24. The van der Waals surface area contributed by atoms with Crippen molar-refractivity contribution in [3.63, 3.8) is 0 Å². The van der Waals surface area contributed by atoms with Crippen molar-refractivity contribution < 1.29 is 17.9 Å². The minimum atomic E-state index is -4.07. The van der Waals surface area contributed by atoms with E-state index in [9.17, 15) is 13.2 Å². The number of nitrogens with zero attached hydrogens (tertiary/aromatic N) is 2. The van der Waals surface area contributed by atoms with Crippen LogP contribution in [-0.2, 0) is 21.4 Å². The number of carbonyl (C=O) groups excluding carboxylic acids is 1. The molecule has 1 amide bonds. The fourth-order valence-corrected chi connectivity index (χ4v) is 5.22. The summed E-state index contributed by atoms with van der Waals surface area (Å²) in [6, 6.07) is 31.3. The average Bonchev–Trinajstić information content (AvgIpc) is 2.93. The Morgan fingerprint density at radius 1 is 0.865 bits per heavy atom. The Labute approximate surface area is 221 Å². The minimum absolute atomic E-state index is 0.0377. The molecular weight excluding hydrogens is 510 g/mol. The van der Waals surface area contributed by atoms with E-state index in [0.29, 0.717) is 17.9 Å². The zero-order valence-corrected chi connectivity index (χ0v) is 21.3. The summed E-state index contributed by atoms with van der Waals surface area (Å²) in [5, 5.41) is 4.22. The molecule has 0 spiro atoms. The molecule has 0 aromatic heterocycles. The molecule has 4 aromatic rings. The summed E-state index contributed by atoms with van der Waals surface area (Å²) in [6.45, 7) is -0.146. The van der Waals surface area contributed by atoms with Gasteiger partial charge in [0.25, 0.3) is 15.9 Å². The van der Waals surface area contributed by atoms with Crippen LogP contribution in [0, 0.1) is 0 Å². The van der Waals surface area contributed by atoms with Crippen LogP contribution in [0.25, 0.3) is 0 Å². The maximum absolute atomic E-state index is 13.4. The Balaban J connectivity index is 1.49. The zero-order chi connectivity index (χ0) is 26.1. The number of hydrazone groups is 1. The van der Waals surface area contributed by atoms with Gasteiger partial charge in [0.05, 0.1) is 21.8 Å². The summed E-state index contributed by atoms with van der Waals surface area (Å²) < 4.78 is 33.6. The highest BCUT2D eigenvalue weighted by Crippen LogP contribution is 2.30. The molecule has 0 aliphatic carbocycles. The van der Waals surface area contributed by atoms with Gasteiger partial charge in [0, 0.05) is 5.56 Å². The van der Waals surface area contributed by atoms with E-state index in [0.717, 1.165) is 9.87 Å². The van der Waals surface area contributed by atoms with Gasteiger partial charge in [0.1, 0.15) is 18.9 Å². The fraction of sp³-hybridized carbons (Fsp3) is 0.0714. The molecule has 7 nitrogen and oxygen atoms in total. The van der Waals surface area contributed by atoms with Crippen molar-refractivity contribution in [2.45, 2.75) is 11.5 Å². The van der Waals surface area contributed by atoms with Crippen molar-refractivity contribution in [1.29, 1.82) is 0 Å². The zero-order valence-electron chi connectivity index (χ0n) is 19.7. The second-order valence-corrected chi connectivity index (χ2v) is 10.2. The number of amides is 1.